The van der Waals surface area contributed by atoms with Crippen molar-refractivity contribution in [2.24, 2.45) is 0 Å². The topological polar surface area (TPSA) is 55.8 Å². The molecule has 1 rings (SSSR count). The molecule has 5 nitrogen and oxygen atoms in total. The maximum atomic E-state index is 12.2. The minimum absolute atomic E-state index is 0.177. The normalized spacial score (nSPS) is 23.1. The molecule has 5 heteroatoms. The zero-order valence-electron chi connectivity index (χ0n) is 12.1. The van der Waals surface area contributed by atoms with Gasteiger partial charge in [-0.1, -0.05) is 6.08 Å². The summed E-state index contributed by atoms with van der Waals surface area (Å²) < 4.78 is 10.4. The Labute approximate surface area is 114 Å². The number of hydrogen-bond donors (Lipinski definition) is 0. The molecule has 1 fully saturated rings. The van der Waals surface area contributed by atoms with E-state index in [0.717, 1.165) is 0 Å². The summed E-state index contributed by atoms with van der Waals surface area (Å²) in [6.45, 7) is 11.1. The number of esters is 1. The minimum Gasteiger partial charge on any atom is -0.464 e. The van der Waals surface area contributed by atoms with Crippen molar-refractivity contribution in [3.63, 3.8) is 0 Å². The van der Waals surface area contributed by atoms with E-state index in [1.165, 1.54) is 4.90 Å². The minimum atomic E-state index is -0.593. The van der Waals surface area contributed by atoms with Crippen LogP contribution in [-0.2, 0) is 14.3 Å². The van der Waals surface area contributed by atoms with Crippen LogP contribution in [0.25, 0.3) is 0 Å². The molecule has 1 aliphatic rings. The fraction of sp³-hybridized carbons (Fsp3) is 0.714. The summed E-state index contributed by atoms with van der Waals surface area (Å²) in [4.78, 5) is 25.5. The number of rotatable bonds is 3. The van der Waals surface area contributed by atoms with Gasteiger partial charge in [-0.3, -0.25) is 4.90 Å². The summed E-state index contributed by atoms with van der Waals surface area (Å²) in [5.41, 5.74) is -0.593. The van der Waals surface area contributed by atoms with Gasteiger partial charge >= 0.3 is 12.1 Å². The van der Waals surface area contributed by atoms with Gasteiger partial charge in [0.2, 0.25) is 0 Å². The fourth-order valence-electron chi connectivity index (χ4n) is 2.12. The van der Waals surface area contributed by atoms with Crippen LogP contribution in [0.3, 0.4) is 0 Å². The largest absolute Gasteiger partial charge is 0.464 e. The van der Waals surface area contributed by atoms with Crippen molar-refractivity contribution in [2.75, 3.05) is 6.61 Å². The van der Waals surface area contributed by atoms with Crippen molar-refractivity contribution >= 4 is 12.1 Å². The average molecular weight is 269 g/mol. The van der Waals surface area contributed by atoms with Crippen molar-refractivity contribution in [2.45, 2.75) is 58.2 Å². The number of carbonyl (C=O) groups excluding carboxylic acids is 2. The highest BCUT2D eigenvalue weighted by atomic mass is 16.6. The zero-order valence-corrected chi connectivity index (χ0v) is 12.1. The van der Waals surface area contributed by atoms with Crippen LogP contribution in [-0.4, -0.2) is 41.3 Å². The first-order chi connectivity index (χ1) is 8.80. The highest BCUT2D eigenvalue weighted by Crippen LogP contribution is 2.28. The second-order valence-electron chi connectivity index (χ2n) is 5.54. The Morgan fingerprint density at radius 3 is 2.47 bits per heavy atom. The molecule has 1 amide bonds. The number of carbonyl (C=O) groups is 2. The lowest BCUT2D eigenvalue weighted by Crippen LogP contribution is -2.47. The third-order valence-corrected chi connectivity index (χ3v) is 2.86. The molecule has 0 radical (unpaired) electrons. The predicted octanol–water partition coefficient (Wildman–Crippen LogP) is 2.50. The SMILES string of the molecule is C=C[C@@H]1CC[C@@H](C(=O)OCC)N1C(=O)OC(C)(C)C. The fourth-order valence-corrected chi connectivity index (χ4v) is 2.12. The van der Waals surface area contributed by atoms with Gasteiger partial charge < -0.3 is 9.47 Å². The van der Waals surface area contributed by atoms with Crippen LogP contribution < -0.4 is 0 Å². The monoisotopic (exact) mass is 269 g/mol. The maximum Gasteiger partial charge on any atom is 0.411 e. The lowest BCUT2D eigenvalue weighted by molar-refractivity contribution is -0.148. The van der Waals surface area contributed by atoms with Crippen LogP contribution in [0.4, 0.5) is 4.79 Å². The summed E-state index contributed by atoms with van der Waals surface area (Å²) in [7, 11) is 0. The molecule has 0 N–H and O–H groups in total. The quantitative estimate of drug-likeness (QED) is 0.583. The van der Waals surface area contributed by atoms with Gasteiger partial charge in [0.25, 0.3) is 0 Å². The molecule has 2 atom stereocenters. The zero-order chi connectivity index (χ0) is 14.6. The molecule has 0 unspecified atom stereocenters. The van der Waals surface area contributed by atoms with Crippen LogP contribution >= 0.6 is 0 Å². The van der Waals surface area contributed by atoms with E-state index in [-0.39, 0.29) is 12.0 Å². The predicted molar refractivity (Wildman–Crippen MR) is 71.7 cm³/mol. The van der Waals surface area contributed by atoms with Gasteiger partial charge in [-0.2, -0.15) is 0 Å². The van der Waals surface area contributed by atoms with Crippen LogP contribution in [0.15, 0.2) is 12.7 Å². The van der Waals surface area contributed by atoms with Crippen LogP contribution in [0, 0.1) is 0 Å². The molecule has 0 aliphatic carbocycles. The molecule has 19 heavy (non-hydrogen) atoms. The van der Waals surface area contributed by atoms with Gasteiger partial charge in [0.15, 0.2) is 0 Å². The second kappa shape index (κ2) is 6.08. The van der Waals surface area contributed by atoms with Gasteiger partial charge in [-0.25, -0.2) is 9.59 Å². The third kappa shape index (κ3) is 3.98. The van der Waals surface area contributed by atoms with Crippen molar-refractivity contribution in [1.82, 2.24) is 4.90 Å². The Morgan fingerprint density at radius 1 is 1.37 bits per heavy atom. The van der Waals surface area contributed by atoms with E-state index in [1.54, 1.807) is 33.8 Å². The Hall–Kier alpha value is -1.52. The number of hydrogen-bond acceptors (Lipinski definition) is 4. The lowest BCUT2D eigenvalue weighted by atomic mass is 10.2. The lowest BCUT2D eigenvalue weighted by Gasteiger charge is -2.30. The van der Waals surface area contributed by atoms with Gasteiger partial charge in [-0.05, 0) is 40.5 Å². The number of nitrogens with zero attached hydrogens (tertiary/aromatic N) is 1. The van der Waals surface area contributed by atoms with Crippen molar-refractivity contribution in [3.05, 3.63) is 12.7 Å². The summed E-state index contributed by atoms with van der Waals surface area (Å²) in [5, 5.41) is 0. The molecule has 1 saturated heterocycles. The molecular weight excluding hydrogens is 246 g/mol. The number of likely N-dealkylation sites (tertiary alicyclic amines) is 1. The molecule has 0 aromatic carbocycles. The molecule has 0 spiro atoms. The Kier molecular flexibility index (Phi) is 4.97. The van der Waals surface area contributed by atoms with Crippen LogP contribution in [0.2, 0.25) is 0 Å². The van der Waals surface area contributed by atoms with Crippen molar-refractivity contribution in [3.8, 4) is 0 Å². The van der Waals surface area contributed by atoms with E-state index < -0.39 is 17.7 Å². The van der Waals surface area contributed by atoms with Gasteiger partial charge in [0, 0.05) is 0 Å². The maximum absolute atomic E-state index is 12.2. The summed E-state index contributed by atoms with van der Waals surface area (Å²) >= 11 is 0. The second-order valence-corrected chi connectivity index (χ2v) is 5.54. The summed E-state index contributed by atoms with van der Waals surface area (Å²) in [6.07, 6.45) is 2.46. The smallest absolute Gasteiger partial charge is 0.411 e. The summed E-state index contributed by atoms with van der Waals surface area (Å²) in [5.74, 6) is -0.377. The van der Waals surface area contributed by atoms with E-state index in [1.807, 2.05) is 0 Å². The highest BCUT2D eigenvalue weighted by molar-refractivity contribution is 5.82. The highest BCUT2D eigenvalue weighted by Gasteiger charge is 2.42. The average Bonchev–Trinajstić information content (AvgIpc) is 2.70. The van der Waals surface area contributed by atoms with E-state index >= 15 is 0 Å². The van der Waals surface area contributed by atoms with Gasteiger partial charge in [0.1, 0.15) is 11.6 Å². The molecule has 1 aliphatic heterocycles. The number of ether oxygens (including phenoxy) is 2. The Balaban J connectivity index is 2.85. The van der Waals surface area contributed by atoms with Crippen LogP contribution in [0.5, 0.6) is 0 Å². The molecule has 0 bridgehead atoms. The molecular formula is C14H23NO4. The molecule has 0 aromatic heterocycles. The van der Waals surface area contributed by atoms with Gasteiger partial charge in [-0.15, -0.1) is 6.58 Å². The van der Waals surface area contributed by atoms with Crippen molar-refractivity contribution < 1.29 is 19.1 Å². The van der Waals surface area contributed by atoms with E-state index in [9.17, 15) is 9.59 Å². The first kappa shape index (κ1) is 15.5. The Morgan fingerprint density at radius 2 is 2.00 bits per heavy atom. The standard InChI is InChI=1S/C14H23NO4/c1-6-10-8-9-11(12(16)18-7-2)15(10)13(17)19-14(3,4)5/h6,10-11H,1,7-9H2,2-5H3/t10-,11+/m1/s1. The van der Waals surface area contributed by atoms with Crippen molar-refractivity contribution in [1.29, 1.82) is 0 Å². The summed E-state index contributed by atoms with van der Waals surface area (Å²) in [6, 6.07) is -0.748. The molecule has 1 heterocycles. The van der Waals surface area contributed by atoms with Gasteiger partial charge in [0.05, 0.1) is 12.6 Å². The Bertz CT molecular complexity index is 359. The third-order valence-electron chi connectivity index (χ3n) is 2.86. The van der Waals surface area contributed by atoms with E-state index in [4.69, 9.17) is 9.47 Å². The van der Waals surface area contributed by atoms with E-state index in [2.05, 4.69) is 6.58 Å². The molecule has 108 valence electrons. The first-order valence-corrected chi connectivity index (χ1v) is 6.60. The van der Waals surface area contributed by atoms with Crippen LogP contribution in [0.1, 0.15) is 40.5 Å². The molecule has 0 aromatic rings. The number of amides is 1. The van der Waals surface area contributed by atoms with E-state index in [0.29, 0.717) is 19.4 Å². The first-order valence-electron chi connectivity index (χ1n) is 6.60. The molecule has 0 saturated carbocycles.